The van der Waals surface area contributed by atoms with Crippen molar-refractivity contribution in [1.29, 1.82) is 0 Å². The summed E-state index contributed by atoms with van der Waals surface area (Å²) in [5.74, 6) is -0.152. The number of ether oxygens (including phenoxy) is 1. The molecular weight excluding hydrogens is 629 g/mol. The molecule has 10 rings (SSSR count). The van der Waals surface area contributed by atoms with Gasteiger partial charge in [-0.15, -0.1) is 0 Å². The highest BCUT2D eigenvalue weighted by molar-refractivity contribution is 6.33. The molecule has 2 aliphatic carbocycles. The van der Waals surface area contributed by atoms with Gasteiger partial charge in [0.1, 0.15) is 5.60 Å². The minimum Gasteiger partial charge on any atom is -0.346 e. The Hall–Kier alpha value is -5.76. The third-order valence-electron chi connectivity index (χ3n) is 11.9. The van der Waals surface area contributed by atoms with Crippen molar-refractivity contribution in [2.24, 2.45) is 0 Å². The molecule has 0 radical (unpaired) electrons. The highest BCUT2D eigenvalue weighted by atomic mass is 16.6. The normalized spacial score (nSPS) is 21.5. The van der Waals surface area contributed by atoms with Crippen molar-refractivity contribution in [3.8, 4) is 0 Å². The molecule has 0 saturated carbocycles. The van der Waals surface area contributed by atoms with Crippen LogP contribution in [0.25, 0.3) is 33.1 Å². The number of aryl methyl sites for hydroxylation is 2. The average Bonchev–Trinajstić information content (AvgIpc) is 3.82. The molecule has 0 spiro atoms. The fourth-order valence-electron chi connectivity index (χ4n) is 9.80. The summed E-state index contributed by atoms with van der Waals surface area (Å²) in [7, 11) is 0. The molecule has 3 aliphatic rings. The molecule has 1 unspecified atom stereocenters. The first kappa shape index (κ1) is 31.0. The summed E-state index contributed by atoms with van der Waals surface area (Å²) in [5.41, 5.74) is 15.2. The molecule has 250 valence electrons. The van der Waals surface area contributed by atoms with Crippen LogP contribution in [0.3, 0.4) is 0 Å². The Bertz CT molecular complexity index is 2530. The fourth-order valence-corrected chi connectivity index (χ4v) is 9.80. The molecule has 0 amide bonds. The molecule has 3 atom stereocenters. The highest BCUT2D eigenvalue weighted by Crippen LogP contribution is 2.80. The van der Waals surface area contributed by atoms with Gasteiger partial charge in [-0.25, -0.2) is 0 Å². The van der Waals surface area contributed by atoms with E-state index >= 15 is 0 Å². The van der Waals surface area contributed by atoms with Gasteiger partial charge in [-0.2, -0.15) is 0 Å². The first-order valence-electron chi connectivity index (χ1n) is 18.8. The van der Waals surface area contributed by atoms with Crippen molar-refractivity contribution in [3.63, 3.8) is 0 Å². The number of hydrogen-bond acceptors (Lipinski definition) is 1. The first-order valence-corrected chi connectivity index (χ1v) is 18.8. The third-order valence-corrected chi connectivity index (χ3v) is 11.9. The van der Waals surface area contributed by atoms with E-state index in [1.54, 1.807) is 0 Å². The van der Waals surface area contributed by atoms with Crippen LogP contribution < -0.4 is 0 Å². The molecule has 1 nitrogen and oxygen atoms in total. The van der Waals surface area contributed by atoms with Crippen molar-refractivity contribution >= 4 is 33.1 Å². The van der Waals surface area contributed by atoms with Crippen molar-refractivity contribution in [3.05, 3.63) is 226 Å². The van der Waals surface area contributed by atoms with Gasteiger partial charge in [-0.3, -0.25) is 0 Å². The van der Waals surface area contributed by atoms with Crippen molar-refractivity contribution in [1.82, 2.24) is 0 Å². The highest BCUT2D eigenvalue weighted by Gasteiger charge is 2.79. The number of epoxide rings is 1. The van der Waals surface area contributed by atoms with E-state index in [-0.39, 0.29) is 5.92 Å². The summed E-state index contributed by atoms with van der Waals surface area (Å²) < 4.78 is 7.97. The molecule has 1 saturated heterocycles. The Morgan fingerprint density at radius 1 is 0.481 bits per heavy atom. The quantitative estimate of drug-likeness (QED) is 0.154. The second-order valence-corrected chi connectivity index (χ2v) is 14.4. The number of fused-ring (bicyclic) bond motifs is 4. The van der Waals surface area contributed by atoms with E-state index in [1.807, 2.05) is 0 Å². The van der Waals surface area contributed by atoms with E-state index < -0.39 is 11.2 Å². The van der Waals surface area contributed by atoms with E-state index in [2.05, 4.69) is 190 Å². The molecule has 1 fully saturated rings. The van der Waals surface area contributed by atoms with Gasteiger partial charge in [-0.1, -0.05) is 190 Å². The Kier molecular flexibility index (Phi) is 7.10. The maximum absolute atomic E-state index is 7.97. The van der Waals surface area contributed by atoms with Crippen LogP contribution in [0.1, 0.15) is 69.8 Å². The van der Waals surface area contributed by atoms with Gasteiger partial charge >= 0.3 is 0 Å². The van der Waals surface area contributed by atoms with Crippen LogP contribution in [-0.4, -0.2) is 0 Å². The molecule has 0 aromatic heterocycles. The summed E-state index contributed by atoms with van der Waals surface area (Å²) >= 11 is 0. The fraction of sp³-hybridized carbons (Fsp3) is 0.137. The monoisotopic (exact) mass is 668 g/mol. The van der Waals surface area contributed by atoms with E-state index in [0.29, 0.717) is 0 Å². The third kappa shape index (κ3) is 4.15. The van der Waals surface area contributed by atoms with E-state index in [1.165, 1.54) is 83.1 Å². The number of rotatable bonds is 7. The molecule has 0 N–H and O–H groups in total. The van der Waals surface area contributed by atoms with Crippen LogP contribution >= 0.6 is 0 Å². The standard InChI is InChI=1S/C51H40O/c1-3-34-30-32-38-33-31-35(4-2)45-43(38)42(34)47-44(36-20-10-5-11-21-36)46(37-22-12-6-13-23-37)48(39-24-14-7-15-25-39)50(40-26-16-8-17-27-40)51(52-50,49(45)47)41-28-18-9-19-29-41/h5-33,48H,3-4H2,1-2H3/t48?,50-,51+/m0/s1. The van der Waals surface area contributed by atoms with Crippen molar-refractivity contribution < 1.29 is 4.74 Å². The Morgan fingerprint density at radius 2 is 0.981 bits per heavy atom. The van der Waals surface area contributed by atoms with Crippen LogP contribution in [0.4, 0.5) is 0 Å². The lowest BCUT2D eigenvalue weighted by molar-refractivity contribution is 0.270. The lowest BCUT2D eigenvalue weighted by Gasteiger charge is -2.32. The molecule has 1 heteroatoms. The molecule has 1 heterocycles. The molecule has 7 aromatic carbocycles. The molecule has 7 aromatic rings. The van der Waals surface area contributed by atoms with Gasteiger partial charge in [0.15, 0.2) is 5.60 Å². The largest absolute Gasteiger partial charge is 0.346 e. The van der Waals surface area contributed by atoms with E-state index in [4.69, 9.17) is 4.74 Å². The van der Waals surface area contributed by atoms with E-state index in [9.17, 15) is 0 Å². The van der Waals surface area contributed by atoms with Gasteiger partial charge in [0.25, 0.3) is 0 Å². The minimum atomic E-state index is -0.787. The predicted octanol–water partition coefficient (Wildman–Crippen LogP) is 12.4. The Labute approximate surface area is 306 Å². The first-order chi connectivity index (χ1) is 25.7. The average molecular weight is 669 g/mol. The van der Waals surface area contributed by atoms with Crippen molar-refractivity contribution in [2.75, 3.05) is 0 Å². The number of hydrogen-bond donors (Lipinski definition) is 0. The molecule has 0 bridgehead atoms. The Balaban J connectivity index is 1.51. The Morgan fingerprint density at radius 3 is 1.56 bits per heavy atom. The van der Waals surface area contributed by atoms with Gasteiger partial charge < -0.3 is 4.74 Å². The van der Waals surface area contributed by atoms with Crippen molar-refractivity contribution in [2.45, 2.75) is 43.8 Å². The zero-order chi connectivity index (χ0) is 34.9. The van der Waals surface area contributed by atoms with Gasteiger partial charge in [-0.05, 0) is 90.4 Å². The molecule has 52 heavy (non-hydrogen) atoms. The van der Waals surface area contributed by atoms with Crippen LogP contribution in [-0.2, 0) is 28.8 Å². The smallest absolute Gasteiger partial charge is 0.155 e. The van der Waals surface area contributed by atoms with Gasteiger partial charge in [0.05, 0.1) is 0 Å². The van der Waals surface area contributed by atoms with Gasteiger partial charge in [0.2, 0.25) is 0 Å². The van der Waals surface area contributed by atoms with Crippen LogP contribution in [0.15, 0.2) is 176 Å². The topological polar surface area (TPSA) is 12.5 Å². The lowest BCUT2D eigenvalue weighted by atomic mass is 9.65. The lowest BCUT2D eigenvalue weighted by Crippen LogP contribution is -2.30. The number of benzene rings is 7. The zero-order valence-corrected chi connectivity index (χ0v) is 29.6. The summed E-state index contributed by atoms with van der Waals surface area (Å²) in [6.45, 7) is 4.61. The van der Waals surface area contributed by atoms with Gasteiger partial charge in [0, 0.05) is 11.5 Å². The van der Waals surface area contributed by atoms with Crippen LogP contribution in [0.5, 0.6) is 0 Å². The minimum absolute atomic E-state index is 0.152. The molecular formula is C51H40O. The van der Waals surface area contributed by atoms with E-state index in [0.717, 1.165) is 12.8 Å². The summed E-state index contributed by atoms with van der Waals surface area (Å²) in [6.07, 6.45) is 1.87. The zero-order valence-electron chi connectivity index (χ0n) is 29.6. The second-order valence-electron chi connectivity index (χ2n) is 14.4. The summed E-state index contributed by atoms with van der Waals surface area (Å²) in [6, 6.07) is 65.1. The maximum Gasteiger partial charge on any atom is 0.155 e. The summed E-state index contributed by atoms with van der Waals surface area (Å²) in [4.78, 5) is 0. The SMILES string of the molecule is CCc1ccc2ccc(CC)c3c2c1C1=C3[C@@]2(c3ccccc3)O[C@@]2(c2ccccc2)C(c2ccccc2)C(c2ccccc2)=C1c1ccccc1. The van der Waals surface area contributed by atoms with Crippen LogP contribution in [0, 0.1) is 0 Å². The van der Waals surface area contributed by atoms with Crippen LogP contribution in [0.2, 0.25) is 0 Å². The summed E-state index contributed by atoms with van der Waals surface area (Å²) in [5, 5.41) is 2.66. The second kappa shape index (κ2) is 11.9. The predicted molar refractivity (Wildman–Crippen MR) is 216 cm³/mol. The molecule has 1 aliphatic heterocycles. The number of allylic oxidation sites excluding steroid dienone is 2. The maximum atomic E-state index is 7.97.